The van der Waals surface area contributed by atoms with Crippen molar-refractivity contribution in [2.75, 3.05) is 19.7 Å². The normalized spacial score (nSPS) is 33.8. The predicted octanol–water partition coefficient (Wildman–Crippen LogP) is 1.49. The topological polar surface area (TPSA) is 69.6 Å². The average molecular weight is 304 g/mol. The van der Waals surface area contributed by atoms with E-state index in [9.17, 15) is 13.5 Å². The van der Waals surface area contributed by atoms with Crippen LogP contribution in [0.5, 0.6) is 0 Å². The third kappa shape index (κ3) is 4.41. The molecule has 20 heavy (non-hydrogen) atoms. The van der Waals surface area contributed by atoms with Crippen LogP contribution in [0.1, 0.15) is 51.9 Å². The maximum absolute atomic E-state index is 12.4. The second-order valence-electron chi connectivity index (χ2n) is 6.48. The second-order valence-corrected chi connectivity index (χ2v) is 8.18. The van der Waals surface area contributed by atoms with E-state index >= 15 is 0 Å². The fraction of sp³-hybridized carbons (Fsp3) is 1.00. The zero-order valence-corrected chi connectivity index (χ0v) is 13.2. The van der Waals surface area contributed by atoms with Crippen molar-refractivity contribution in [3.8, 4) is 0 Å². The molecule has 0 aromatic carbocycles. The van der Waals surface area contributed by atoms with Crippen LogP contribution in [0.15, 0.2) is 0 Å². The van der Waals surface area contributed by atoms with Gasteiger partial charge in [0.2, 0.25) is 0 Å². The number of nitrogens with zero attached hydrogens (tertiary/aromatic N) is 1. The molecule has 1 heterocycles. The van der Waals surface area contributed by atoms with Gasteiger partial charge in [-0.25, -0.2) is 0 Å². The van der Waals surface area contributed by atoms with Gasteiger partial charge in [-0.1, -0.05) is 19.8 Å². The minimum Gasteiger partial charge on any atom is -0.396 e. The first-order valence-corrected chi connectivity index (χ1v) is 9.33. The summed E-state index contributed by atoms with van der Waals surface area (Å²) in [5.74, 6) is 0.799. The molecule has 3 unspecified atom stereocenters. The minimum absolute atomic E-state index is 0.0764. The summed E-state index contributed by atoms with van der Waals surface area (Å²) < 4.78 is 29.3. The third-order valence-electron chi connectivity index (χ3n) is 4.65. The summed E-state index contributed by atoms with van der Waals surface area (Å²) >= 11 is 0. The van der Waals surface area contributed by atoms with Crippen molar-refractivity contribution in [3.63, 3.8) is 0 Å². The molecule has 2 fully saturated rings. The van der Waals surface area contributed by atoms with E-state index in [1.807, 2.05) is 0 Å². The Morgan fingerprint density at radius 3 is 2.70 bits per heavy atom. The standard InChI is InChI=1S/C14H28N2O3S/c1-12-4-2-6-14(8-7-12)15-20(18,19)16-9-3-5-13(10-16)11-17/h12-15,17H,2-11H2,1H3. The lowest BCUT2D eigenvalue weighted by Crippen LogP contribution is -2.49. The number of nitrogens with one attached hydrogen (secondary N) is 1. The summed E-state index contributed by atoms with van der Waals surface area (Å²) in [6.07, 6.45) is 7.06. The molecule has 2 rings (SSSR count). The van der Waals surface area contributed by atoms with Gasteiger partial charge in [-0.2, -0.15) is 17.4 Å². The van der Waals surface area contributed by atoms with E-state index in [0.29, 0.717) is 19.0 Å². The van der Waals surface area contributed by atoms with Crippen molar-refractivity contribution in [2.24, 2.45) is 11.8 Å². The Kier molecular flexibility index (Phi) is 5.84. The molecule has 1 saturated heterocycles. The van der Waals surface area contributed by atoms with Crippen molar-refractivity contribution in [1.29, 1.82) is 0 Å². The molecule has 1 aliphatic carbocycles. The maximum atomic E-state index is 12.4. The fourth-order valence-corrected chi connectivity index (χ4v) is 4.87. The van der Waals surface area contributed by atoms with E-state index in [2.05, 4.69) is 11.6 Å². The number of piperidine rings is 1. The molecule has 5 nitrogen and oxygen atoms in total. The molecule has 0 radical (unpaired) electrons. The first-order valence-electron chi connectivity index (χ1n) is 7.89. The summed E-state index contributed by atoms with van der Waals surface area (Å²) in [6, 6.07) is 0.0828. The Hall–Kier alpha value is -0.170. The molecular formula is C14H28N2O3S. The lowest BCUT2D eigenvalue weighted by molar-refractivity contribution is 0.164. The molecule has 1 saturated carbocycles. The minimum atomic E-state index is -3.39. The summed E-state index contributed by atoms with van der Waals surface area (Å²) in [4.78, 5) is 0. The lowest BCUT2D eigenvalue weighted by Gasteiger charge is -2.32. The lowest BCUT2D eigenvalue weighted by atomic mass is 10.0. The van der Waals surface area contributed by atoms with Gasteiger partial charge in [0.15, 0.2) is 0 Å². The molecule has 3 atom stereocenters. The molecule has 6 heteroatoms. The van der Waals surface area contributed by atoms with Crippen molar-refractivity contribution < 1.29 is 13.5 Å². The van der Waals surface area contributed by atoms with Crippen LogP contribution in [0.2, 0.25) is 0 Å². The van der Waals surface area contributed by atoms with Gasteiger partial charge in [0.1, 0.15) is 0 Å². The van der Waals surface area contributed by atoms with E-state index in [-0.39, 0.29) is 18.6 Å². The van der Waals surface area contributed by atoms with Crippen LogP contribution in [0.25, 0.3) is 0 Å². The summed E-state index contributed by atoms with van der Waals surface area (Å²) in [7, 11) is -3.39. The summed E-state index contributed by atoms with van der Waals surface area (Å²) in [5.41, 5.74) is 0. The van der Waals surface area contributed by atoms with Crippen molar-refractivity contribution in [3.05, 3.63) is 0 Å². The number of aliphatic hydroxyl groups is 1. The first kappa shape index (κ1) is 16.2. The zero-order valence-electron chi connectivity index (χ0n) is 12.4. The highest BCUT2D eigenvalue weighted by Crippen LogP contribution is 2.24. The van der Waals surface area contributed by atoms with Crippen LogP contribution in [0.4, 0.5) is 0 Å². The summed E-state index contributed by atoms with van der Waals surface area (Å²) in [5, 5.41) is 9.22. The molecule has 2 aliphatic rings. The van der Waals surface area contributed by atoms with Gasteiger partial charge in [-0.05, 0) is 43.9 Å². The van der Waals surface area contributed by atoms with Crippen molar-refractivity contribution in [2.45, 2.75) is 57.9 Å². The number of hydrogen-bond donors (Lipinski definition) is 2. The van der Waals surface area contributed by atoms with Gasteiger partial charge < -0.3 is 5.11 Å². The molecule has 0 spiro atoms. The van der Waals surface area contributed by atoms with Crippen LogP contribution in [-0.2, 0) is 10.2 Å². The average Bonchev–Trinajstić information content (AvgIpc) is 2.63. The summed E-state index contributed by atoms with van der Waals surface area (Å²) in [6.45, 7) is 3.35. The molecule has 0 aromatic rings. The monoisotopic (exact) mass is 304 g/mol. The molecule has 0 bridgehead atoms. The van der Waals surface area contributed by atoms with E-state index in [1.165, 1.54) is 10.7 Å². The Labute approximate surface area is 122 Å². The van der Waals surface area contributed by atoms with Gasteiger partial charge in [0, 0.05) is 25.7 Å². The Morgan fingerprint density at radius 1 is 1.15 bits per heavy atom. The van der Waals surface area contributed by atoms with Gasteiger partial charge in [-0.15, -0.1) is 0 Å². The van der Waals surface area contributed by atoms with Crippen LogP contribution in [-0.4, -0.2) is 43.6 Å². The van der Waals surface area contributed by atoms with Crippen LogP contribution < -0.4 is 4.72 Å². The van der Waals surface area contributed by atoms with Crippen LogP contribution in [0, 0.1) is 11.8 Å². The molecule has 118 valence electrons. The number of aliphatic hydroxyl groups excluding tert-OH is 1. The smallest absolute Gasteiger partial charge is 0.279 e. The number of rotatable bonds is 4. The Bertz CT molecular complexity index is 399. The van der Waals surface area contributed by atoms with Crippen LogP contribution >= 0.6 is 0 Å². The van der Waals surface area contributed by atoms with Crippen LogP contribution in [0.3, 0.4) is 0 Å². The van der Waals surface area contributed by atoms with Gasteiger partial charge in [0.25, 0.3) is 10.2 Å². The fourth-order valence-electron chi connectivity index (χ4n) is 3.28. The molecule has 1 aliphatic heterocycles. The maximum Gasteiger partial charge on any atom is 0.279 e. The third-order valence-corrected chi connectivity index (χ3v) is 6.30. The Morgan fingerprint density at radius 2 is 1.95 bits per heavy atom. The SMILES string of the molecule is CC1CCCC(NS(=O)(=O)N2CCCC(CO)C2)CC1. The van der Waals surface area contributed by atoms with Gasteiger partial charge in [0.05, 0.1) is 0 Å². The van der Waals surface area contributed by atoms with Crippen molar-refractivity contribution >= 4 is 10.2 Å². The highest BCUT2D eigenvalue weighted by Gasteiger charge is 2.30. The van der Waals surface area contributed by atoms with E-state index in [4.69, 9.17) is 0 Å². The van der Waals surface area contributed by atoms with E-state index in [1.54, 1.807) is 0 Å². The molecule has 0 aromatic heterocycles. The van der Waals surface area contributed by atoms with E-state index in [0.717, 1.165) is 38.5 Å². The molecule has 2 N–H and O–H groups in total. The highest BCUT2D eigenvalue weighted by molar-refractivity contribution is 7.87. The molecule has 0 amide bonds. The van der Waals surface area contributed by atoms with E-state index < -0.39 is 10.2 Å². The van der Waals surface area contributed by atoms with Crippen molar-refractivity contribution in [1.82, 2.24) is 9.03 Å². The quantitative estimate of drug-likeness (QED) is 0.773. The molecular weight excluding hydrogens is 276 g/mol. The zero-order chi connectivity index (χ0) is 14.6. The largest absolute Gasteiger partial charge is 0.396 e. The van der Waals surface area contributed by atoms with Gasteiger partial charge >= 0.3 is 0 Å². The predicted molar refractivity (Wildman–Crippen MR) is 79.5 cm³/mol. The van der Waals surface area contributed by atoms with Gasteiger partial charge in [-0.3, -0.25) is 0 Å². The highest BCUT2D eigenvalue weighted by atomic mass is 32.2. The second kappa shape index (κ2) is 7.20. The Balaban J connectivity index is 1.92. The first-order chi connectivity index (χ1) is 9.51. The number of hydrogen-bond acceptors (Lipinski definition) is 3.